The highest BCUT2D eigenvalue weighted by atomic mass is 16.5. The molecule has 0 saturated carbocycles. The third kappa shape index (κ3) is 3.42. The first kappa shape index (κ1) is 13.3. The van der Waals surface area contributed by atoms with Crippen molar-refractivity contribution in [1.82, 2.24) is 9.97 Å². The summed E-state index contributed by atoms with van der Waals surface area (Å²) in [6, 6.07) is 2.06. The van der Waals surface area contributed by atoms with E-state index >= 15 is 0 Å². The Morgan fingerprint density at radius 2 is 2.06 bits per heavy atom. The van der Waals surface area contributed by atoms with Gasteiger partial charge in [-0.15, -0.1) is 0 Å². The molecule has 0 bridgehead atoms. The number of nitrogens with zero attached hydrogens (tertiary/aromatic N) is 2. The summed E-state index contributed by atoms with van der Waals surface area (Å²) in [7, 11) is 1.91. The fourth-order valence-corrected chi connectivity index (χ4v) is 2.31. The molecule has 0 atom stereocenters. The van der Waals surface area contributed by atoms with Crippen molar-refractivity contribution in [2.45, 2.75) is 39.0 Å². The minimum Gasteiger partial charge on any atom is -0.381 e. The monoisotopic (exact) mass is 249 g/mol. The van der Waals surface area contributed by atoms with Gasteiger partial charge in [0.25, 0.3) is 0 Å². The first-order valence-corrected chi connectivity index (χ1v) is 6.82. The largest absolute Gasteiger partial charge is 0.381 e. The normalized spacial score (nSPS) is 17.1. The molecule has 1 aliphatic heterocycles. The summed E-state index contributed by atoms with van der Waals surface area (Å²) < 4.78 is 5.40. The Kier molecular flexibility index (Phi) is 4.53. The molecule has 1 fully saturated rings. The third-order valence-corrected chi connectivity index (χ3v) is 3.26. The highest BCUT2D eigenvalue weighted by Crippen LogP contribution is 2.25. The van der Waals surface area contributed by atoms with Gasteiger partial charge in [-0.1, -0.05) is 13.8 Å². The lowest BCUT2D eigenvalue weighted by Gasteiger charge is -2.21. The van der Waals surface area contributed by atoms with Crippen molar-refractivity contribution in [1.29, 1.82) is 0 Å². The van der Waals surface area contributed by atoms with Crippen LogP contribution >= 0.6 is 0 Å². The molecule has 0 radical (unpaired) electrons. The zero-order valence-electron chi connectivity index (χ0n) is 11.6. The molecule has 1 aromatic heterocycles. The highest BCUT2D eigenvalue weighted by Gasteiger charge is 2.19. The Balaban J connectivity index is 2.22. The van der Waals surface area contributed by atoms with Gasteiger partial charge in [0.2, 0.25) is 0 Å². The van der Waals surface area contributed by atoms with Crippen LogP contribution < -0.4 is 5.32 Å². The fraction of sp³-hybridized carbons (Fsp3) is 0.714. The Morgan fingerprint density at radius 3 is 2.67 bits per heavy atom. The van der Waals surface area contributed by atoms with Crippen molar-refractivity contribution >= 4 is 5.82 Å². The van der Waals surface area contributed by atoms with Gasteiger partial charge in [-0.25, -0.2) is 9.97 Å². The summed E-state index contributed by atoms with van der Waals surface area (Å²) in [5.74, 6) is 2.99. The third-order valence-electron chi connectivity index (χ3n) is 3.26. The van der Waals surface area contributed by atoms with Crippen LogP contribution in [0.3, 0.4) is 0 Å². The number of aromatic nitrogens is 2. The van der Waals surface area contributed by atoms with Crippen LogP contribution in [-0.4, -0.2) is 30.2 Å². The van der Waals surface area contributed by atoms with Crippen LogP contribution in [0.4, 0.5) is 5.82 Å². The maximum Gasteiger partial charge on any atom is 0.134 e. The molecule has 2 heterocycles. The number of hydrogen-bond acceptors (Lipinski definition) is 4. The van der Waals surface area contributed by atoms with E-state index in [1.165, 1.54) is 0 Å². The molecule has 1 N–H and O–H groups in total. The zero-order valence-corrected chi connectivity index (χ0v) is 11.6. The van der Waals surface area contributed by atoms with Gasteiger partial charge in [0, 0.05) is 37.9 Å². The average molecular weight is 249 g/mol. The number of hydrogen-bond donors (Lipinski definition) is 1. The summed E-state index contributed by atoms with van der Waals surface area (Å²) in [4.78, 5) is 9.34. The van der Waals surface area contributed by atoms with E-state index in [-0.39, 0.29) is 0 Å². The molecule has 1 saturated heterocycles. The van der Waals surface area contributed by atoms with E-state index in [1.54, 1.807) is 0 Å². The predicted molar refractivity (Wildman–Crippen MR) is 72.9 cm³/mol. The lowest BCUT2D eigenvalue weighted by atomic mass is 9.99. The Hall–Kier alpha value is -1.16. The summed E-state index contributed by atoms with van der Waals surface area (Å²) in [6.45, 7) is 6.10. The molecule has 2 rings (SSSR count). The first-order valence-electron chi connectivity index (χ1n) is 6.82. The molecule has 1 aromatic rings. The second kappa shape index (κ2) is 6.14. The van der Waals surface area contributed by atoms with Gasteiger partial charge in [0.1, 0.15) is 11.6 Å². The quantitative estimate of drug-likeness (QED) is 0.891. The smallest absolute Gasteiger partial charge is 0.134 e. The lowest BCUT2D eigenvalue weighted by Crippen LogP contribution is -2.17. The molecule has 100 valence electrons. The molecule has 0 amide bonds. The maximum absolute atomic E-state index is 5.40. The summed E-state index contributed by atoms with van der Waals surface area (Å²) in [6.07, 6.45) is 3.08. The molecule has 4 nitrogen and oxygen atoms in total. The van der Waals surface area contributed by atoms with Crippen molar-refractivity contribution in [2.24, 2.45) is 5.92 Å². The molecular weight excluding hydrogens is 226 g/mol. The second-order valence-corrected chi connectivity index (χ2v) is 5.34. The van der Waals surface area contributed by atoms with E-state index in [0.29, 0.717) is 11.8 Å². The van der Waals surface area contributed by atoms with Gasteiger partial charge in [-0.3, -0.25) is 0 Å². The van der Waals surface area contributed by atoms with Crippen LogP contribution in [0, 0.1) is 5.92 Å². The van der Waals surface area contributed by atoms with Crippen LogP contribution in [0.2, 0.25) is 0 Å². The van der Waals surface area contributed by atoms with Gasteiger partial charge in [0.05, 0.1) is 0 Å². The van der Waals surface area contributed by atoms with Crippen LogP contribution in [0.15, 0.2) is 6.07 Å². The standard InChI is InChI=1S/C14H23N3O/c1-10(2)8-12-9-13(15-3)17-14(16-12)11-4-6-18-7-5-11/h9-11H,4-8H2,1-3H3,(H,15,16,17). The Bertz CT molecular complexity index is 387. The van der Waals surface area contributed by atoms with Gasteiger partial charge in [-0.05, 0) is 25.2 Å². The van der Waals surface area contributed by atoms with Gasteiger partial charge < -0.3 is 10.1 Å². The van der Waals surface area contributed by atoms with Gasteiger partial charge >= 0.3 is 0 Å². The van der Waals surface area contributed by atoms with E-state index in [2.05, 4.69) is 30.2 Å². The zero-order chi connectivity index (χ0) is 13.0. The van der Waals surface area contributed by atoms with Crippen molar-refractivity contribution in [3.05, 3.63) is 17.6 Å². The molecule has 4 heteroatoms. The van der Waals surface area contributed by atoms with Crippen LogP contribution in [-0.2, 0) is 11.2 Å². The number of nitrogens with one attached hydrogen (secondary N) is 1. The highest BCUT2D eigenvalue weighted by molar-refractivity contribution is 5.35. The van der Waals surface area contributed by atoms with Crippen molar-refractivity contribution in [3.8, 4) is 0 Å². The summed E-state index contributed by atoms with van der Waals surface area (Å²) in [5.41, 5.74) is 1.14. The summed E-state index contributed by atoms with van der Waals surface area (Å²) in [5, 5.41) is 3.14. The second-order valence-electron chi connectivity index (χ2n) is 5.34. The lowest BCUT2D eigenvalue weighted by molar-refractivity contribution is 0.0835. The van der Waals surface area contributed by atoms with Crippen LogP contribution in [0.25, 0.3) is 0 Å². The van der Waals surface area contributed by atoms with Crippen molar-refractivity contribution < 1.29 is 4.74 Å². The average Bonchev–Trinajstić information content (AvgIpc) is 2.38. The fourth-order valence-electron chi connectivity index (χ4n) is 2.31. The molecule has 0 aromatic carbocycles. The SMILES string of the molecule is CNc1cc(CC(C)C)nc(C2CCOCC2)n1. The summed E-state index contributed by atoms with van der Waals surface area (Å²) >= 11 is 0. The topological polar surface area (TPSA) is 47.0 Å². The minimum absolute atomic E-state index is 0.456. The molecule has 0 unspecified atom stereocenters. The van der Waals surface area contributed by atoms with Crippen molar-refractivity contribution in [3.63, 3.8) is 0 Å². The molecule has 0 spiro atoms. The van der Waals surface area contributed by atoms with E-state index in [9.17, 15) is 0 Å². The number of rotatable bonds is 4. The van der Waals surface area contributed by atoms with E-state index in [1.807, 2.05) is 7.05 Å². The number of anilines is 1. The molecule has 0 aliphatic carbocycles. The van der Waals surface area contributed by atoms with E-state index < -0.39 is 0 Å². The first-order chi connectivity index (χ1) is 8.69. The van der Waals surface area contributed by atoms with Gasteiger partial charge in [0.15, 0.2) is 0 Å². The molecule has 18 heavy (non-hydrogen) atoms. The van der Waals surface area contributed by atoms with E-state index in [4.69, 9.17) is 9.72 Å². The Morgan fingerprint density at radius 1 is 1.33 bits per heavy atom. The predicted octanol–water partition coefficient (Wildman–Crippen LogP) is 2.61. The molecular formula is C14H23N3O. The van der Waals surface area contributed by atoms with E-state index in [0.717, 1.165) is 49.8 Å². The van der Waals surface area contributed by atoms with Gasteiger partial charge in [-0.2, -0.15) is 0 Å². The van der Waals surface area contributed by atoms with Crippen LogP contribution in [0.1, 0.15) is 44.1 Å². The minimum atomic E-state index is 0.456. The maximum atomic E-state index is 5.40. The number of ether oxygens (including phenoxy) is 1. The van der Waals surface area contributed by atoms with Crippen LogP contribution in [0.5, 0.6) is 0 Å². The van der Waals surface area contributed by atoms with Crippen molar-refractivity contribution in [2.75, 3.05) is 25.6 Å². The molecule has 1 aliphatic rings. The Labute approximate surface area is 109 Å².